The number of fused-ring (bicyclic) bond motifs is 1. The van der Waals surface area contributed by atoms with Crippen LogP contribution in [0.4, 0.5) is 0 Å². The Hall–Kier alpha value is -0.870. The Morgan fingerprint density at radius 1 is 1.53 bits per heavy atom. The molecule has 1 aromatic carbocycles. The van der Waals surface area contributed by atoms with Gasteiger partial charge in [0.15, 0.2) is 0 Å². The summed E-state index contributed by atoms with van der Waals surface area (Å²) in [6, 6.07) is 6.43. The molecule has 2 atom stereocenters. The zero-order valence-electron chi connectivity index (χ0n) is 11.9. The van der Waals surface area contributed by atoms with E-state index in [-0.39, 0.29) is 0 Å². The minimum atomic E-state index is 0.382. The van der Waals surface area contributed by atoms with Crippen molar-refractivity contribution in [2.75, 3.05) is 26.5 Å². The maximum Gasteiger partial charge on any atom is 0.124 e. The second-order valence-corrected chi connectivity index (χ2v) is 6.16. The molecule has 0 radical (unpaired) electrons. The molecule has 0 fully saturated rings. The van der Waals surface area contributed by atoms with E-state index in [0.717, 1.165) is 31.1 Å². The number of methoxy groups -OCH3 is 1. The SMILES string of the molecule is COc1ccc2c(c1)C(NCCC(C)SC)CCO2. The van der Waals surface area contributed by atoms with Crippen molar-refractivity contribution < 1.29 is 9.47 Å². The van der Waals surface area contributed by atoms with Gasteiger partial charge in [0.1, 0.15) is 11.5 Å². The van der Waals surface area contributed by atoms with E-state index in [9.17, 15) is 0 Å². The summed E-state index contributed by atoms with van der Waals surface area (Å²) in [6.07, 6.45) is 4.38. The average molecular weight is 281 g/mol. The minimum Gasteiger partial charge on any atom is -0.497 e. The van der Waals surface area contributed by atoms with Gasteiger partial charge in [-0.25, -0.2) is 0 Å². The highest BCUT2D eigenvalue weighted by Crippen LogP contribution is 2.34. The van der Waals surface area contributed by atoms with Gasteiger partial charge in [-0.15, -0.1) is 0 Å². The molecule has 0 saturated heterocycles. The first-order valence-corrected chi connectivity index (χ1v) is 8.10. The van der Waals surface area contributed by atoms with Gasteiger partial charge in [0.2, 0.25) is 0 Å². The molecule has 1 aliphatic heterocycles. The lowest BCUT2D eigenvalue weighted by Gasteiger charge is -2.27. The number of rotatable bonds is 6. The van der Waals surface area contributed by atoms with Crippen LogP contribution in [0.25, 0.3) is 0 Å². The molecule has 0 amide bonds. The predicted molar refractivity (Wildman–Crippen MR) is 81.4 cm³/mol. The number of ether oxygens (including phenoxy) is 2. The van der Waals surface area contributed by atoms with Crippen LogP contribution < -0.4 is 14.8 Å². The Morgan fingerprint density at radius 2 is 2.37 bits per heavy atom. The largest absolute Gasteiger partial charge is 0.497 e. The molecule has 0 aliphatic carbocycles. The van der Waals surface area contributed by atoms with Gasteiger partial charge in [-0.3, -0.25) is 0 Å². The summed E-state index contributed by atoms with van der Waals surface area (Å²) in [7, 11) is 1.70. The maximum atomic E-state index is 5.70. The maximum absolute atomic E-state index is 5.70. The summed E-state index contributed by atoms with van der Waals surface area (Å²) in [4.78, 5) is 0. The zero-order chi connectivity index (χ0) is 13.7. The fourth-order valence-electron chi connectivity index (χ4n) is 2.29. The molecule has 106 valence electrons. The van der Waals surface area contributed by atoms with Crippen LogP contribution in [-0.2, 0) is 0 Å². The average Bonchev–Trinajstić information content (AvgIpc) is 2.46. The second-order valence-electron chi connectivity index (χ2n) is 4.88. The summed E-state index contributed by atoms with van der Waals surface area (Å²) in [5.74, 6) is 1.89. The predicted octanol–water partition coefficient (Wildman–Crippen LogP) is 3.25. The van der Waals surface area contributed by atoms with Crippen molar-refractivity contribution in [2.24, 2.45) is 0 Å². The smallest absolute Gasteiger partial charge is 0.124 e. The third-order valence-electron chi connectivity index (χ3n) is 3.60. The van der Waals surface area contributed by atoms with Gasteiger partial charge in [-0.2, -0.15) is 11.8 Å². The highest BCUT2D eigenvalue weighted by Gasteiger charge is 2.21. The number of nitrogens with one attached hydrogen (secondary N) is 1. The van der Waals surface area contributed by atoms with E-state index >= 15 is 0 Å². The van der Waals surface area contributed by atoms with Crippen LogP contribution in [0.5, 0.6) is 11.5 Å². The van der Waals surface area contributed by atoms with Crippen LogP contribution >= 0.6 is 11.8 Å². The van der Waals surface area contributed by atoms with Gasteiger partial charge in [0.05, 0.1) is 13.7 Å². The molecule has 0 aromatic heterocycles. The first-order chi connectivity index (χ1) is 9.24. The molecule has 1 heterocycles. The van der Waals surface area contributed by atoms with Crippen molar-refractivity contribution >= 4 is 11.8 Å². The lowest BCUT2D eigenvalue weighted by atomic mass is 10.00. The standard InChI is InChI=1S/C15H23NO2S/c1-11(19-3)6-8-16-14-7-9-18-15-5-4-12(17-2)10-13(14)15/h4-5,10-11,14,16H,6-9H2,1-3H3. The lowest BCUT2D eigenvalue weighted by molar-refractivity contribution is 0.251. The van der Waals surface area contributed by atoms with E-state index < -0.39 is 0 Å². The van der Waals surface area contributed by atoms with E-state index in [1.54, 1.807) is 7.11 Å². The van der Waals surface area contributed by atoms with Gasteiger partial charge in [0.25, 0.3) is 0 Å². The summed E-state index contributed by atoms with van der Waals surface area (Å²) < 4.78 is 11.0. The molecule has 0 bridgehead atoms. The molecular weight excluding hydrogens is 258 g/mol. The quantitative estimate of drug-likeness (QED) is 0.867. The topological polar surface area (TPSA) is 30.5 Å². The molecule has 1 aliphatic rings. The molecule has 0 saturated carbocycles. The zero-order valence-corrected chi connectivity index (χ0v) is 12.8. The molecule has 0 spiro atoms. The van der Waals surface area contributed by atoms with Crippen molar-refractivity contribution in [3.8, 4) is 11.5 Å². The van der Waals surface area contributed by atoms with E-state index in [1.807, 2.05) is 23.9 Å². The molecule has 1 aromatic rings. The Morgan fingerprint density at radius 3 is 3.11 bits per heavy atom. The summed E-state index contributed by atoms with van der Waals surface area (Å²) in [5.41, 5.74) is 1.22. The molecule has 19 heavy (non-hydrogen) atoms. The van der Waals surface area contributed by atoms with Crippen LogP contribution in [-0.4, -0.2) is 31.8 Å². The third-order valence-corrected chi connectivity index (χ3v) is 4.64. The van der Waals surface area contributed by atoms with Crippen molar-refractivity contribution in [3.63, 3.8) is 0 Å². The Labute approximate surface area is 120 Å². The molecule has 3 nitrogen and oxygen atoms in total. The molecular formula is C15H23NO2S. The normalized spacial score (nSPS) is 19.4. The summed E-state index contributed by atoms with van der Waals surface area (Å²) in [6.45, 7) is 4.10. The fourth-order valence-corrected chi connectivity index (χ4v) is 2.64. The van der Waals surface area contributed by atoms with Crippen LogP contribution in [0.3, 0.4) is 0 Å². The number of hydrogen-bond acceptors (Lipinski definition) is 4. The Bertz CT molecular complexity index is 411. The van der Waals surface area contributed by atoms with Gasteiger partial charge in [-0.05, 0) is 37.4 Å². The Kier molecular flexibility index (Phi) is 5.40. The van der Waals surface area contributed by atoms with Crippen molar-refractivity contribution in [2.45, 2.75) is 31.1 Å². The van der Waals surface area contributed by atoms with E-state index in [0.29, 0.717) is 11.3 Å². The van der Waals surface area contributed by atoms with Crippen molar-refractivity contribution in [1.82, 2.24) is 5.32 Å². The van der Waals surface area contributed by atoms with E-state index in [4.69, 9.17) is 9.47 Å². The number of hydrogen-bond donors (Lipinski definition) is 1. The highest BCUT2D eigenvalue weighted by molar-refractivity contribution is 7.99. The molecule has 2 rings (SSSR count). The third kappa shape index (κ3) is 3.80. The minimum absolute atomic E-state index is 0.382. The van der Waals surface area contributed by atoms with Crippen LogP contribution in [0.2, 0.25) is 0 Å². The van der Waals surface area contributed by atoms with Crippen LogP contribution in [0.1, 0.15) is 31.4 Å². The lowest BCUT2D eigenvalue weighted by Crippen LogP contribution is -2.28. The van der Waals surface area contributed by atoms with Crippen LogP contribution in [0.15, 0.2) is 18.2 Å². The van der Waals surface area contributed by atoms with Gasteiger partial charge >= 0.3 is 0 Å². The van der Waals surface area contributed by atoms with Crippen molar-refractivity contribution in [3.05, 3.63) is 23.8 Å². The van der Waals surface area contributed by atoms with Crippen molar-refractivity contribution in [1.29, 1.82) is 0 Å². The number of benzene rings is 1. The molecule has 2 unspecified atom stereocenters. The van der Waals surface area contributed by atoms with Gasteiger partial charge < -0.3 is 14.8 Å². The second kappa shape index (κ2) is 7.06. The summed E-state index contributed by atoms with van der Waals surface area (Å²) in [5, 5.41) is 4.35. The highest BCUT2D eigenvalue weighted by atomic mass is 32.2. The first kappa shape index (κ1) is 14.5. The first-order valence-electron chi connectivity index (χ1n) is 6.81. The Balaban J connectivity index is 2.00. The van der Waals surface area contributed by atoms with Crippen LogP contribution in [0, 0.1) is 0 Å². The van der Waals surface area contributed by atoms with E-state index in [2.05, 4.69) is 24.6 Å². The fraction of sp³-hybridized carbons (Fsp3) is 0.600. The molecule has 4 heteroatoms. The van der Waals surface area contributed by atoms with Gasteiger partial charge in [-0.1, -0.05) is 6.92 Å². The van der Waals surface area contributed by atoms with E-state index in [1.165, 1.54) is 12.0 Å². The monoisotopic (exact) mass is 281 g/mol. The number of thioether (sulfide) groups is 1. The summed E-state index contributed by atoms with van der Waals surface area (Å²) >= 11 is 1.92. The molecule has 1 N–H and O–H groups in total. The van der Waals surface area contributed by atoms with Gasteiger partial charge in [0, 0.05) is 23.3 Å².